The van der Waals surface area contributed by atoms with E-state index < -0.39 is 0 Å². The zero-order chi connectivity index (χ0) is 20.6. The Morgan fingerprint density at radius 1 is 0.621 bits per heavy atom. The largest absolute Gasteiger partial charge is 0.159 e. The molecule has 29 heavy (non-hydrogen) atoms. The lowest BCUT2D eigenvalue weighted by atomic mass is 10.0. The Hall–Kier alpha value is -2.48. The van der Waals surface area contributed by atoms with E-state index in [4.69, 9.17) is 0 Å². The molecule has 0 atom stereocenters. The Kier molecular flexibility index (Phi) is 11.4. The first kappa shape index (κ1) is 22.8. The number of unbranched alkanes of at least 4 members (excludes halogenated alkanes) is 4. The maximum absolute atomic E-state index is 4.19. The monoisotopic (exact) mass is 388 g/mol. The van der Waals surface area contributed by atoms with Gasteiger partial charge in [0, 0.05) is 0 Å². The van der Waals surface area contributed by atoms with E-state index in [1.54, 1.807) is 0 Å². The van der Waals surface area contributed by atoms with Crippen LogP contribution in [-0.2, 0) is 12.8 Å². The molecule has 0 saturated carbocycles. The van der Waals surface area contributed by atoms with Crippen molar-refractivity contribution >= 4 is 12.4 Å². The van der Waals surface area contributed by atoms with Gasteiger partial charge in [-0.25, -0.2) is 0 Å². The summed E-state index contributed by atoms with van der Waals surface area (Å²) >= 11 is 0. The molecular weight excluding hydrogens is 352 g/mol. The predicted octanol–water partition coefficient (Wildman–Crippen LogP) is 7.55. The highest BCUT2D eigenvalue weighted by molar-refractivity contribution is 5.82. The van der Waals surface area contributed by atoms with E-state index in [0.717, 1.165) is 30.4 Å². The number of benzene rings is 2. The standard InChI is InChI=1S/C27H36N2/c1-3-5-7-9-11-13-25-16-20-27(21-17-25)23-29-28-22-26-18-14-24(15-19-26)12-10-8-6-4-2/h6,8,14-23H,3-5,7,9-13H2,1-2H3/b8-6+,28-22+,29-23+. The average Bonchev–Trinajstić information content (AvgIpc) is 2.76. The molecule has 0 fully saturated rings. The predicted molar refractivity (Wildman–Crippen MR) is 128 cm³/mol. The SMILES string of the molecule is CC/C=C/CCc1ccc(/C=N/N=C/c2ccc(CCCCCCC)cc2)cc1. The highest BCUT2D eigenvalue weighted by Crippen LogP contribution is 2.10. The summed E-state index contributed by atoms with van der Waals surface area (Å²) in [5, 5.41) is 8.38. The van der Waals surface area contributed by atoms with Crippen LogP contribution in [0.1, 0.15) is 81.0 Å². The summed E-state index contributed by atoms with van der Waals surface area (Å²) in [6, 6.07) is 17.2. The first-order valence-electron chi connectivity index (χ1n) is 11.2. The Labute approximate surface area is 177 Å². The van der Waals surface area contributed by atoms with Gasteiger partial charge in [-0.15, -0.1) is 0 Å². The van der Waals surface area contributed by atoms with E-state index in [2.05, 4.69) is 84.7 Å². The highest BCUT2D eigenvalue weighted by atomic mass is 15.2. The summed E-state index contributed by atoms with van der Waals surface area (Å²) in [7, 11) is 0. The lowest BCUT2D eigenvalue weighted by molar-refractivity contribution is 0.632. The molecule has 0 spiro atoms. The molecule has 0 aliphatic heterocycles. The van der Waals surface area contributed by atoms with Gasteiger partial charge in [0.05, 0.1) is 12.4 Å². The molecule has 0 aromatic heterocycles. The molecule has 0 aliphatic carbocycles. The number of aryl methyl sites for hydroxylation is 2. The van der Waals surface area contributed by atoms with Gasteiger partial charge in [0.1, 0.15) is 0 Å². The number of hydrogen-bond donors (Lipinski definition) is 0. The molecule has 0 unspecified atom stereocenters. The molecule has 0 aliphatic rings. The molecule has 2 aromatic rings. The van der Waals surface area contributed by atoms with E-state index in [0.29, 0.717) is 0 Å². The van der Waals surface area contributed by atoms with Crippen LogP contribution >= 0.6 is 0 Å². The minimum absolute atomic E-state index is 1.08. The second-order valence-electron chi connectivity index (χ2n) is 7.55. The summed E-state index contributed by atoms with van der Waals surface area (Å²) in [6.07, 6.45) is 19.2. The molecule has 154 valence electrons. The number of hydrogen-bond acceptors (Lipinski definition) is 2. The number of allylic oxidation sites excluding steroid dienone is 2. The van der Waals surface area contributed by atoms with Crippen molar-refractivity contribution in [2.45, 2.75) is 71.6 Å². The van der Waals surface area contributed by atoms with E-state index >= 15 is 0 Å². The van der Waals surface area contributed by atoms with Crippen molar-refractivity contribution in [1.82, 2.24) is 0 Å². The van der Waals surface area contributed by atoms with Gasteiger partial charge in [0.15, 0.2) is 0 Å². The normalized spacial score (nSPS) is 11.9. The Morgan fingerprint density at radius 2 is 1.17 bits per heavy atom. The topological polar surface area (TPSA) is 24.7 Å². The molecule has 2 aromatic carbocycles. The zero-order valence-corrected chi connectivity index (χ0v) is 18.2. The molecule has 0 heterocycles. The van der Waals surface area contributed by atoms with Gasteiger partial charge < -0.3 is 0 Å². The molecule has 0 N–H and O–H groups in total. The van der Waals surface area contributed by atoms with Gasteiger partial charge in [-0.05, 0) is 54.4 Å². The molecule has 0 radical (unpaired) electrons. The van der Waals surface area contributed by atoms with E-state index in [1.807, 2.05) is 12.4 Å². The maximum Gasteiger partial charge on any atom is 0.0568 e. The van der Waals surface area contributed by atoms with Gasteiger partial charge in [-0.2, -0.15) is 10.2 Å². The first-order chi connectivity index (χ1) is 14.3. The van der Waals surface area contributed by atoms with Gasteiger partial charge in [0.2, 0.25) is 0 Å². The molecule has 2 heteroatoms. The molecule has 0 saturated heterocycles. The van der Waals surface area contributed by atoms with Crippen LogP contribution in [0.25, 0.3) is 0 Å². The van der Waals surface area contributed by atoms with Crippen molar-refractivity contribution in [2.24, 2.45) is 10.2 Å². The summed E-state index contributed by atoms with van der Waals surface area (Å²) in [6.45, 7) is 4.42. The van der Waals surface area contributed by atoms with Crippen molar-refractivity contribution in [3.05, 3.63) is 82.9 Å². The van der Waals surface area contributed by atoms with Gasteiger partial charge in [-0.3, -0.25) is 0 Å². The quantitative estimate of drug-likeness (QED) is 0.146. The number of nitrogens with zero attached hydrogens (tertiary/aromatic N) is 2. The summed E-state index contributed by atoms with van der Waals surface area (Å²) in [5.74, 6) is 0. The lowest BCUT2D eigenvalue weighted by Crippen LogP contribution is -1.88. The summed E-state index contributed by atoms with van der Waals surface area (Å²) in [5.41, 5.74) is 4.94. The zero-order valence-electron chi connectivity index (χ0n) is 18.2. The van der Waals surface area contributed by atoms with Crippen molar-refractivity contribution in [3.8, 4) is 0 Å². The van der Waals surface area contributed by atoms with Crippen LogP contribution in [0.4, 0.5) is 0 Å². The Bertz CT molecular complexity index is 752. The van der Waals surface area contributed by atoms with Crippen molar-refractivity contribution in [3.63, 3.8) is 0 Å². The lowest BCUT2D eigenvalue weighted by Gasteiger charge is -2.02. The van der Waals surface area contributed by atoms with E-state index in [1.165, 1.54) is 49.7 Å². The van der Waals surface area contributed by atoms with Crippen LogP contribution < -0.4 is 0 Å². The van der Waals surface area contributed by atoms with Crippen LogP contribution in [0.5, 0.6) is 0 Å². The molecular formula is C27H36N2. The fourth-order valence-corrected chi connectivity index (χ4v) is 3.21. The fourth-order valence-electron chi connectivity index (χ4n) is 3.21. The molecule has 0 bridgehead atoms. The van der Waals surface area contributed by atoms with Gasteiger partial charge in [-0.1, -0.05) is 100 Å². The number of rotatable bonds is 13. The van der Waals surface area contributed by atoms with Crippen molar-refractivity contribution < 1.29 is 0 Å². The van der Waals surface area contributed by atoms with Gasteiger partial charge >= 0.3 is 0 Å². The third-order valence-electron chi connectivity index (χ3n) is 5.01. The molecule has 2 nitrogen and oxygen atoms in total. The van der Waals surface area contributed by atoms with Crippen LogP contribution in [0.2, 0.25) is 0 Å². The van der Waals surface area contributed by atoms with E-state index in [-0.39, 0.29) is 0 Å². The van der Waals surface area contributed by atoms with Crippen LogP contribution in [0.3, 0.4) is 0 Å². The van der Waals surface area contributed by atoms with Crippen LogP contribution in [0.15, 0.2) is 70.9 Å². The molecule has 2 rings (SSSR count). The molecule has 0 amide bonds. The minimum Gasteiger partial charge on any atom is -0.159 e. The van der Waals surface area contributed by atoms with Crippen molar-refractivity contribution in [1.29, 1.82) is 0 Å². The summed E-state index contributed by atoms with van der Waals surface area (Å²) < 4.78 is 0. The minimum atomic E-state index is 1.08. The smallest absolute Gasteiger partial charge is 0.0568 e. The van der Waals surface area contributed by atoms with Gasteiger partial charge in [0.25, 0.3) is 0 Å². The maximum atomic E-state index is 4.19. The Balaban J connectivity index is 1.74. The summed E-state index contributed by atoms with van der Waals surface area (Å²) in [4.78, 5) is 0. The average molecular weight is 389 g/mol. The highest BCUT2D eigenvalue weighted by Gasteiger charge is 1.95. The Morgan fingerprint density at radius 3 is 1.72 bits per heavy atom. The van der Waals surface area contributed by atoms with E-state index in [9.17, 15) is 0 Å². The first-order valence-corrected chi connectivity index (χ1v) is 11.2. The second-order valence-corrected chi connectivity index (χ2v) is 7.55. The van der Waals surface area contributed by atoms with Crippen molar-refractivity contribution in [2.75, 3.05) is 0 Å². The fraction of sp³-hybridized carbons (Fsp3) is 0.407. The van der Waals surface area contributed by atoms with Crippen LogP contribution in [-0.4, -0.2) is 12.4 Å². The second kappa shape index (κ2) is 14.5. The third kappa shape index (κ3) is 10.0. The van der Waals surface area contributed by atoms with Crippen LogP contribution in [0, 0.1) is 0 Å². The third-order valence-corrected chi connectivity index (χ3v) is 5.01.